The van der Waals surface area contributed by atoms with E-state index in [1.165, 1.54) is 0 Å². The molecule has 2 atom stereocenters. The van der Waals surface area contributed by atoms with Gasteiger partial charge in [0.2, 0.25) is 10.0 Å². The predicted molar refractivity (Wildman–Crippen MR) is 87.0 cm³/mol. The Balaban J connectivity index is 2.16. The van der Waals surface area contributed by atoms with Gasteiger partial charge in [0.1, 0.15) is 0 Å². The van der Waals surface area contributed by atoms with E-state index in [1.807, 2.05) is 50.5 Å². The second-order valence-corrected chi connectivity index (χ2v) is 7.63. The van der Waals surface area contributed by atoms with Crippen LogP contribution in [0, 0.1) is 0 Å². The van der Waals surface area contributed by atoms with Crippen molar-refractivity contribution in [3.05, 3.63) is 52.2 Å². The first-order valence-corrected chi connectivity index (χ1v) is 9.13. The van der Waals surface area contributed by atoms with Gasteiger partial charge in [-0.2, -0.15) is 0 Å². The highest BCUT2D eigenvalue weighted by atomic mass is 32.2. The average Bonchev–Trinajstić information content (AvgIpc) is 3.00. The summed E-state index contributed by atoms with van der Waals surface area (Å²) in [5, 5.41) is 5.07. The summed E-state index contributed by atoms with van der Waals surface area (Å²) >= 11 is 1.54. The van der Waals surface area contributed by atoms with Crippen molar-refractivity contribution in [1.29, 1.82) is 0 Å². The van der Waals surface area contributed by atoms with E-state index in [0.717, 1.165) is 10.4 Å². The molecule has 114 valence electrons. The van der Waals surface area contributed by atoms with Crippen molar-refractivity contribution in [3.63, 3.8) is 0 Å². The molecule has 0 saturated heterocycles. The summed E-state index contributed by atoms with van der Waals surface area (Å²) in [6.07, 6.45) is 0. The number of sulfonamides is 1. The standard InChI is InChI=1S/C15H20N2O2S2/c1-11(16-3)13-6-8-14(9-7-13)21(18,19)17-12(2)15-5-4-10-20-15/h4-12,16-17H,1-3H3. The summed E-state index contributed by atoms with van der Waals surface area (Å²) in [6.45, 7) is 3.88. The fourth-order valence-corrected chi connectivity index (χ4v) is 4.03. The zero-order chi connectivity index (χ0) is 15.5. The molecule has 2 rings (SSSR count). The molecule has 21 heavy (non-hydrogen) atoms. The number of hydrogen-bond donors (Lipinski definition) is 2. The molecule has 0 radical (unpaired) electrons. The van der Waals surface area contributed by atoms with Gasteiger partial charge in [-0.05, 0) is 50.0 Å². The van der Waals surface area contributed by atoms with Crippen LogP contribution in [0.2, 0.25) is 0 Å². The number of nitrogens with one attached hydrogen (secondary N) is 2. The van der Waals surface area contributed by atoms with Crippen molar-refractivity contribution >= 4 is 21.4 Å². The zero-order valence-electron chi connectivity index (χ0n) is 12.3. The second-order valence-electron chi connectivity index (χ2n) is 4.94. The molecule has 0 fully saturated rings. The molecule has 2 unspecified atom stereocenters. The number of benzene rings is 1. The van der Waals surface area contributed by atoms with Crippen LogP contribution in [0.3, 0.4) is 0 Å². The summed E-state index contributed by atoms with van der Waals surface area (Å²) in [7, 11) is -1.62. The molecule has 0 spiro atoms. The van der Waals surface area contributed by atoms with Gasteiger partial charge in [0.05, 0.1) is 10.9 Å². The first-order valence-electron chi connectivity index (χ1n) is 6.77. The molecule has 4 nitrogen and oxygen atoms in total. The molecule has 1 aromatic carbocycles. The Morgan fingerprint density at radius 1 is 1.05 bits per heavy atom. The van der Waals surface area contributed by atoms with Gasteiger partial charge < -0.3 is 5.32 Å². The quantitative estimate of drug-likeness (QED) is 0.858. The van der Waals surface area contributed by atoms with Gasteiger partial charge in [-0.15, -0.1) is 11.3 Å². The molecule has 0 amide bonds. The Bertz CT molecular complexity index is 664. The Labute approximate surface area is 130 Å². The van der Waals surface area contributed by atoms with Crippen LogP contribution in [0.5, 0.6) is 0 Å². The van der Waals surface area contributed by atoms with Gasteiger partial charge in [-0.1, -0.05) is 18.2 Å². The normalized spacial score (nSPS) is 14.8. The van der Waals surface area contributed by atoms with Crippen molar-refractivity contribution in [2.24, 2.45) is 0 Å². The first-order chi connectivity index (χ1) is 9.94. The molecular weight excluding hydrogens is 304 g/mol. The molecule has 0 aliphatic rings. The van der Waals surface area contributed by atoms with Crippen molar-refractivity contribution < 1.29 is 8.42 Å². The molecule has 2 N–H and O–H groups in total. The van der Waals surface area contributed by atoms with Crippen LogP contribution in [0.4, 0.5) is 0 Å². The third-order valence-corrected chi connectivity index (χ3v) is 6.04. The monoisotopic (exact) mass is 324 g/mol. The van der Waals surface area contributed by atoms with Gasteiger partial charge in [0.15, 0.2) is 0 Å². The van der Waals surface area contributed by atoms with E-state index in [9.17, 15) is 8.42 Å². The van der Waals surface area contributed by atoms with E-state index in [-0.39, 0.29) is 17.0 Å². The highest BCUT2D eigenvalue weighted by Gasteiger charge is 2.19. The molecule has 6 heteroatoms. The van der Waals surface area contributed by atoms with Gasteiger partial charge >= 0.3 is 0 Å². The molecule has 2 aromatic rings. The fourth-order valence-electron chi connectivity index (χ4n) is 2.00. The predicted octanol–water partition coefficient (Wildman–Crippen LogP) is 3.07. The minimum atomic E-state index is -3.50. The van der Waals surface area contributed by atoms with Crippen LogP contribution < -0.4 is 10.0 Å². The number of rotatable bonds is 6. The molecule has 1 aromatic heterocycles. The van der Waals surface area contributed by atoms with Crippen molar-refractivity contribution in [2.45, 2.75) is 30.8 Å². The lowest BCUT2D eigenvalue weighted by Crippen LogP contribution is -2.26. The second kappa shape index (κ2) is 6.70. The zero-order valence-corrected chi connectivity index (χ0v) is 14.0. The van der Waals surface area contributed by atoms with Gasteiger partial charge in [-0.25, -0.2) is 13.1 Å². The SMILES string of the molecule is CNC(C)c1ccc(S(=O)(=O)NC(C)c2cccs2)cc1. The van der Waals surface area contributed by atoms with E-state index in [1.54, 1.807) is 23.5 Å². The van der Waals surface area contributed by atoms with Crippen LogP contribution in [-0.4, -0.2) is 15.5 Å². The van der Waals surface area contributed by atoms with E-state index in [2.05, 4.69) is 10.0 Å². The van der Waals surface area contributed by atoms with E-state index < -0.39 is 10.0 Å². The molecule has 0 saturated carbocycles. The van der Waals surface area contributed by atoms with E-state index in [0.29, 0.717) is 0 Å². The summed E-state index contributed by atoms with van der Waals surface area (Å²) in [5.41, 5.74) is 1.06. The smallest absolute Gasteiger partial charge is 0.241 e. The molecule has 1 heterocycles. The van der Waals surface area contributed by atoms with Crippen molar-refractivity contribution in [1.82, 2.24) is 10.0 Å². The van der Waals surface area contributed by atoms with Crippen LogP contribution >= 0.6 is 11.3 Å². The number of hydrogen-bond acceptors (Lipinski definition) is 4. The third kappa shape index (κ3) is 3.91. The van der Waals surface area contributed by atoms with Crippen molar-refractivity contribution in [3.8, 4) is 0 Å². The molecule has 0 aliphatic carbocycles. The minimum Gasteiger partial charge on any atom is -0.313 e. The van der Waals surface area contributed by atoms with Gasteiger partial charge in [0.25, 0.3) is 0 Å². The maximum atomic E-state index is 12.4. The fraction of sp³-hybridized carbons (Fsp3) is 0.333. The summed E-state index contributed by atoms with van der Waals surface area (Å²) in [6, 6.07) is 10.8. The lowest BCUT2D eigenvalue weighted by molar-refractivity contribution is 0.568. The van der Waals surface area contributed by atoms with E-state index >= 15 is 0 Å². The summed E-state index contributed by atoms with van der Waals surface area (Å²) in [4.78, 5) is 1.29. The Morgan fingerprint density at radius 3 is 2.24 bits per heavy atom. The Kier molecular flexibility index (Phi) is 5.16. The summed E-state index contributed by atoms with van der Waals surface area (Å²) < 4.78 is 27.4. The van der Waals surface area contributed by atoms with Gasteiger partial charge in [0, 0.05) is 10.9 Å². The minimum absolute atomic E-state index is 0.194. The lowest BCUT2D eigenvalue weighted by Gasteiger charge is -2.14. The van der Waals surface area contributed by atoms with E-state index in [4.69, 9.17) is 0 Å². The van der Waals surface area contributed by atoms with Crippen LogP contribution in [0.15, 0.2) is 46.7 Å². The Hall–Kier alpha value is -1.21. The highest BCUT2D eigenvalue weighted by molar-refractivity contribution is 7.89. The summed E-state index contributed by atoms with van der Waals surface area (Å²) in [5.74, 6) is 0. The topological polar surface area (TPSA) is 58.2 Å². The first kappa shape index (κ1) is 16.2. The van der Waals surface area contributed by atoms with Crippen LogP contribution in [0.25, 0.3) is 0 Å². The van der Waals surface area contributed by atoms with Crippen molar-refractivity contribution in [2.75, 3.05) is 7.05 Å². The molecule has 0 aliphatic heterocycles. The largest absolute Gasteiger partial charge is 0.313 e. The highest BCUT2D eigenvalue weighted by Crippen LogP contribution is 2.22. The van der Waals surface area contributed by atoms with Crippen LogP contribution in [0.1, 0.15) is 36.4 Å². The lowest BCUT2D eigenvalue weighted by atomic mass is 10.1. The third-order valence-electron chi connectivity index (χ3n) is 3.43. The molecular formula is C15H20N2O2S2. The van der Waals surface area contributed by atoms with Crippen LogP contribution in [-0.2, 0) is 10.0 Å². The average molecular weight is 324 g/mol. The number of thiophene rings is 1. The van der Waals surface area contributed by atoms with Gasteiger partial charge in [-0.3, -0.25) is 0 Å². The maximum Gasteiger partial charge on any atom is 0.241 e. The molecule has 0 bridgehead atoms. The Morgan fingerprint density at radius 2 is 1.71 bits per heavy atom. The maximum absolute atomic E-state index is 12.4.